The summed E-state index contributed by atoms with van der Waals surface area (Å²) >= 11 is 1.27. The molecule has 1 unspecified atom stereocenters. The van der Waals surface area contributed by atoms with Crippen LogP contribution in [0.2, 0.25) is 0 Å². The molecule has 0 saturated carbocycles. The van der Waals surface area contributed by atoms with Crippen LogP contribution in [-0.4, -0.2) is 43.2 Å². The van der Waals surface area contributed by atoms with E-state index in [9.17, 15) is 9.59 Å². The molecule has 0 aliphatic carbocycles. The number of hydrogen-bond acceptors (Lipinski definition) is 6. The Kier molecular flexibility index (Phi) is 4.99. The van der Waals surface area contributed by atoms with Crippen molar-refractivity contribution >= 4 is 40.7 Å². The molecule has 3 aromatic rings. The van der Waals surface area contributed by atoms with Gasteiger partial charge in [-0.3, -0.25) is 9.59 Å². The van der Waals surface area contributed by atoms with Gasteiger partial charge >= 0.3 is 0 Å². The fourth-order valence-corrected chi connectivity index (χ4v) is 4.14. The lowest BCUT2D eigenvalue weighted by atomic mass is 10.2. The van der Waals surface area contributed by atoms with E-state index in [1.165, 1.54) is 11.8 Å². The lowest BCUT2D eigenvalue weighted by Crippen LogP contribution is -2.40. The summed E-state index contributed by atoms with van der Waals surface area (Å²) in [6, 6.07) is 7.12. The maximum absolute atomic E-state index is 13.1. The Labute approximate surface area is 172 Å². The third-order valence-corrected chi connectivity index (χ3v) is 6.02. The molecular formula is C20H22N6O2S. The number of hydrogen-bond donors (Lipinski definition) is 1. The summed E-state index contributed by atoms with van der Waals surface area (Å²) in [6.45, 7) is 7.81. The number of carbonyl (C=O) groups is 2. The number of para-hydroxylation sites is 2. The van der Waals surface area contributed by atoms with Crippen LogP contribution in [0.25, 0.3) is 5.78 Å². The number of nitrogens with one attached hydrogen (secondary N) is 1. The van der Waals surface area contributed by atoms with Gasteiger partial charge in [-0.15, -0.1) is 5.10 Å². The topological polar surface area (TPSA) is 92.5 Å². The Balaban J connectivity index is 1.57. The number of aryl methyl sites for hydroxylation is 2. The number of benzene rings is 1. The van der Waals surface area contributed by atoms with Gasteiger partial charge < -0.3 is 10.2 Å². The van der Waals surface area contributed by atoms with Crippen LogP contribution >= 0.6 is 11.8 Å². The molecule has 1 N–H and O–H groups in total. The van der Waals surface area contributed by atoms with Crippen molar-refractivity contribution in [3.05, 3.63) is 41.2 Å². The van der Waals surface area contributed by atoms with Crippen molar-refractivity contribution in [1.29, 1.82) is 0 Å². The van der Waals surface area contributed by atoms with E-state index in [1.807, 2.05) is 52.0 Å². The number of thioether (sulfide) groups is 1. The molecule has 8 nitrogen and oxygen atoms in total. The highest BCUT2D eigenvalue weighted by Gasteiger charge is 2.29. The van der Waals surface area contributed by atoms with E-state index in [4.69, 9.17) is 0 Å². The van der Waals surface area contributed by atoms with Gasteiger partial charge in [0, 0.05) is 23.9 Å². The van der Waals surface area contributed by atoms with Crippen molar-refractivity contribution < 1.29 is 9.59 Å². The van der Waals surface area contributed by atoms with Gasteiger partial charge in [0.1, 0.15) is 0 Å². The number of rotatable bonds is 3. The fourth-order valence-electron chi connectivity index (χ4n) is 3.46. The summed E-state index contributed by atoms with van der Waals surface area (Å²) < 4.78 is 1.71. The number of nitrogens with zero attached hydrogens (tertiary/aromatic N) is 5. The highest BCUT2D eigenvalue weighted by atomic mass is 32.2. The van der Waals surface area contributed by atoms with E-state index in [0.29, 0.717) is 22.3 Å². The third kappa shape index (κ3) is 3.57. The number of amides is 2. The average molecular weight is 411 g/mol. The normalized spacial score (nSPS) is 16.5. The first-order valence-electron chi connectivity index (χ1n) is 9.39. The molecule has 3 heterocycles. The Morgan fingerprint density at radius 1 is 1.24 bits per heavy atom. The summed E-state index contributed by atoms with van der Waals surface area (Å²) in [5, 5.41) is 7.87. The molecule has 1 aliphatic heterocycles. The molecule has 1 aliphatic rings. The Morgan fingerprint density at radius 3 is 2.79 bits per heavy atom. The standard InChI is InChI=1S/C20H22N6O2S/c1-11-9-17(27)22-15-7-5-6-8-16(15)25(11)18(28)10-29-20-23-19-21-13(3)12(2)14(4)26(19)24-20/h5-8,11H,9-10H2,1-4H3,(H,22,27). The molecular weight excluding hydrogens is 388 g/mol. The van der Waals surface area contributed by atoms with Gasteiger partial charge in [-0.25, -0.2) is 9.50 Å². The zero-order chi connectivity index (χ0) is 20.7. The van der Waals surface area contributed by atoms with Crippen LogP contribution < -0.4 is 10.2 Å². The minimum atomic E-state index is -0.241. The summed E-state index contributed by atoms with van der Waals surface area (Å²) in [4.78, 5) is 35.8. The number of fused-ring (bicyclic) bond motifs is 2. The van der Waals surface area contributed by atoms with E-state index < -0.39 is 0 Å². The highest BCUT2D eigenvalue weighted by Crippen LogP contribution is 2.32. The maximum Gasteiger partial charge on any atom is 0.253 e. The lowest BCUT2D eigenvalue weighted by Gasteiger charge is -2.27. The molecule has 2 amide bonds. The van der Waals surface area contributed by atoms with Gasteiger partial charge in [0.2, 0.25) is 17.0 Å². The van der Waals surface area contributed by atoms with Crippen molar-refractivity contribution in [2.24, 2.45) is 0 Å². The van der Waals surface area contributed by atoms with Gasteiger partial charge in [-0.2, -0.15) is 4.98 Å². The van der Waals surface area contributed by atoms with Crippen molar-refractivity contribution in [3.8, 4) is 0 Å². The summed E-state index contributed by atoms with van der Waals surface area (Å²) in [7, 11) is 0. The van der Waals surface area contributed by atoms with E-state index in [-0.39, 0.29) is 30.0 Å². The van der Waals surface area contributed by atoms with Crippen LogP contribution in [0.15, 0.2) is 29.4 Å². The molecule has 0 radical (unpaired) electrons. The van der Waals surface area contributed by atoms with E-state index in [2.05, 4.69) is 20.4 Å². The van der Waals surface area contributed by atoms with Crippen LogP contribution in [0.5, 0.6) is 0 Å². The molecule has 150 valence electrons. The van der Waals surface area contributed by atoms with Crippen LogP contribution in [0.4, 0.5) is 11.4 Å². The summed E-state index contributed by atoms with van der Waals surface area (Å²) in [5.74, 6) is 0.509. The van der Waals surface area contributed by atoms with Gasteiger partial charge in [-0.05, 0) is 45.4 Å². The first-order valence-corrected chi connectivity index (χ1v) is 10.4. The van der Waals surface area contributed by atoms with Crippen LogP contribution in [0.1, 0.15) is 30.3 Å². The SMILES string of the molecule is Cc1nc2nc(SCC(=O)N3c4ccccc4NC(=O)CC3C)nn2c(C)c1C. The second-order valence-corrected chi connectivity index (χ2v) is 8.13. The van der Waals surface area contributed by atoms with Crippen molar-refractivity contribution in [2.45, 2.75) is 45.3 Å². The van der Waals surface area contributed by atoms with Crippen molar-refractivity contribution in [2.75, 3.05) is 16.0 Å². The first-order chi connectivity index (χ1) is 13.8. The monoisotopic (exact) mass is 410 g/mol. The molecule has 1 atom stereocenters. The second kappa shape index (κ2) is 7.47. The fraction of sp³-hybridized carbons (Fsp3) is 0.350. The maximum atomic E-state index is 13.1. The Bertz CT molecular complexity index is 1130. The molecule has 0 spiro atoms. The molecule has 1 aromatic carbocycles. The zero-order valence-electron chi connectivity index (χ0n) is 16.8. The van der Waals surface area contributed by atoms with Crippen LogP contribution in [-0.2, 0) is 9.59 Å². The predicted octanol–water partition coefficient (Wildman–Crippen LogP) is 2.91. The molecule has 0 saturated heterocycles. The van der Waals surface area contributed by atoms with Gasteiger partial charge in [-0.1, -0.05) is 23.9 Å². The summed E-state index contributed by atoms with van der Waals surface area (Å²) in [6.07, 6.45) is 0.249. The number of anilines is 2. The Hall–Kier alpha value is -2.94. The van der Waals surface area contributed by atoms with E-state index in [0.717, 1.165) is 17.0 Å². The highest BCUT2D eigenvalue weighted by molar-refractivity contribution is 7.99. The van der Waals surface area contributed by atoms with Gasteiger partial charge in [0.25, 0.3) is 5.78 Å². The summed E-state index contributed by atoms with van der Waals surface area (Å²) in [5.41, 5.74) is 4.34. The average Bonchev–Trinajstić information content (AvgIpc) is 3.03. The van der Waals surface area contributed by atoms with Crippen molar-refractivity contribution in [1.82, 2.24) is 19.6 Å². The van der Waals surface area contributed by atoms with Gasteiger partial charge in [0.05, 0.1) is 17.1 Å². The van der Waals surface area contributed by atoms with E-state index >= 15 is 0 Å². The molecule has 29 heavy (non-hydrogen) atoms. The lowest BCUT2D eigenvalue weighted by molar-refractivity contribution is -0.117. The van der Waals surface area contributed by atoms with Crippen LogP contribution in [0, 0.1) is 20.8 Å². The molecule has 0 bridgehead atoms. The smallest absolute Gasteiger partial charge is 0.253 e. The largest absolute Gasteiger partial charge is 0.324 e. The Morgan fingerprint density at radius 2 is 2.00 bits per heavy atom. The quantitative estimate of drug-likeness (QED) is 0.668. The molecule has 0 fully saturated rings. The minimum absolute atomic E-state index is 0.0950. The predicted molar refractivity (Wildman–Crippen MR) is 112 cm³/mol. The third-order valence-electron chi connectivity index (χ3n) is 5.19. The number of aromatic nitrogens is 4. The molecule has 2 aromatic heterocycles. The van der Waals surface area contributed by atoms with E-state index in [1.54, 1.807) is 9.42 Å². The molecule has 9 heteroatoms. The van der Waals surface area contributed by atoms with Crippen molar-refractivity contribution in [3.63, 3.8) is 0 Å². The van der Waals surface area contributed by atoms with Gasteiger partial charge in [0.15, 0.2) is 0 Å². The first kappa shape index (κ1) is 19.4. The molecule has 4 rings (SSSR count). The zero-order valence-corrected chi connectivity index (χ0v) is 17.6. The van der Waals surface area contributed by atoms with Crippen LogP contribution in [0.3, 0.4) is 0 Å². The minimum Gasteiger partial charge on any atom is -0.324 e. The number of carbonyl (C=O) groups excluding carboxylic acids is 2. The second-order valence-electron chi connectivity index (χ2n) is 7.18.